The lowest BCUT2D eigenvalue weighted by Gasteiger charge is -2.10. The van der Waals surface area contributed by atoms with E-state index in [2.05, 4.69) is 4.99 Å². The maximum atomic E-state index is 12.2. The van der Waals surface area contributed by atoms with Crippen molar-refractivity contribution < 1.29 is 4.39 Å². The van der Waals surface area contributed by atoms with Crippen LogP contribution in [0.4, 0.5) is 4.39 Å². The van der Waals surface area contributed by atoms with Gasteiger partial charge in [0.05, 0.1) is 0 Å². The quantitative estimate of drug-likeness (QED) is 0.428. The Morgan fingerprint density at radius 1 is 1.75 bits per heavy atom. The van der Waals surface area contributed by atoms with E-state index in [4.69, 9.17) is 0 Å². The second-order valence-corrected chi connectivity index (χ2v) is 2.19. The van der Waals surface area contributed by atoms with E-state index in [9.17, 15) is 4.39 Å². The molecule has 1 aliphatic heterocycles. The number of hydrogen-bond donors (Lipinski definition) is 0. The molecule has 0 amide bonds. The summed E-state index contributed by atoms with van der Waals surface area (Å²) in [5, 5.41) is 0. The van der Waals surface area contributed by atoms with Gasteiger partial charge in [0.25, 0.3) is 0 Å². The zero-order valence-electron chi connectivity index (χ0n) is 5.02. The highest BCUT2D eigenvalue weighted by Gasteiger charge is 2.09. The van der Waals surface area contributed by atoms with Crippen LogP contribution in [-0.2, 0) is 0 Å². The molecule has 1 atom stereocenters. The maximum Gasteiger partial charge on any atom is 0.189 e. The van der Waals surface area contributed by atoms with Crippen LogP contribution >= 0.6 is 0 Å². The van der Waals surface area contributed by atoms with E-state index in [1.807, 2.05) is 6.92 Å². The van der Waals surface area contributed by atoms with Crippen LogP contribution in [0.3, 0.4) is 0 Å². The lowest BCUT2D eigenvalue weighted by Crippen LogP contribution is -2.07. The van der Waals surface area contributed by atoms with Gasteiger partial charge in [-0.2, -0.15) is 0 Å². The van der Waals surface area contributed by atoms with Crippen LogP contribution in [0.25, 0.3) is 0 Å². The molecule has 0 fully saturated rings. The molecule has 0 bridgehead atoms. The third kappa shape index (κ3) is 1.29. The van der Waals surface area contributed by atoms with Crippen LogP contribution in [0.5, 0.6) is 0 Å². The average molecular weight is 115 g/mol. The maximum absolute atomic E-state index is 12.2. The molecule has 0 saturated carbocycles. The zero-order chi connectivity index (χ0) is 5.98. The monoisotopic (exact) mass is 115 g/mol. The van der Waals surface area contributed by atoms with Gasteiger partial charge in [-0.25, -0.2) is 4.39 Å². The van der Waals surface area contributed by atoms with Crippen molar-refractivity contribution in [3.8, 4) is 0 Å². The summed E-state index contributed by atoms with van der Waals surface area (Å²) < 4.78 is 12.2. The second-order valence-electron chi connectivity index (χ2n) is 2.19. The summed E-state index contributed by atoms with van der Waals surface area (Å²) in [5.74, 6) is 0. The third-order valence-corrected chi connectivity index (χ3v) is 1.34. The summed E-state index contributed by atoms with van der Waals surface area (Å²) in [6.45, 7) is 1.88. The standard InChI is InChI=1S/C6H10FN/c1-5-3-2-4-6(7)8-5/h6H,2-4H2,1H3. The molecule has 1 unspecified atom stereocenters. The van der Waals surface area contributed by atoms with Crippen LogP contribution in [0.15, 0.2) is 4.99 Å². The largest absolute Gasteiger partial charge is 0.258 e. The highest BCUT2D eigenvalue weighted by atomic mass is 19.1. The van der Waals surface area contributed by atoms with Gasteiger partial charge < -0.3 is 0 Å². The van der Waals surface area contributed by atoms with Gasteiger partial charge in [0.15, 0.2) is 6.30 Å². The minimum absolute atomic E-state index is 0.622. The summed E-state index contributed by atoms with van der Waals surface area (Å²) in [4.78, 5) is 3.73. The van der Waals surface area contributed by atoms with E-state index in [0.717, 1.165) is 18.6 Å². The fourth-order valence-corrected chi connectivity index (χ4v) is 0.895. The summed E-state index contributed by atoms with van der Waals surface area (Å²) in [6, 6.07) is 0. The molecule has 0 spiro atoms. The second kappa shape index (κ2) is 2.25. The molecule has 1 rings (SSSR count). The molecular weight excluding hydrogens is 105 g/mol. The van der Waals surface area contributed by atoms with Crippen molar-refractivity contribution in [1.29, 1.82) is 0 Å². The smallest absolute Gasteiger partial charge is 0.189 e. The van der Waals surface area contributed by atoms with Crippen LogP contribution in [-0.4, -0.2) is 12.0 Å². The molecule has 0 aromatic carbocycles. The molecule has 2 heteroatoms. The zero-order valence-corrected chi connectivity index (χ0v) is 5.02. The molecular formula is C6H10FN. The molecule has 0 aromatic heterocycles. The summed E-state index contributed by atoms with van der Waals surface area (Å²) in [5.41, 5.74) is 0.962. The lowest BCUT2D eigenvalue weighted by atomic mass is 10.1. The van der Waals surface area contributed by atoms with Gasteiger partial charge >= 0.3 is 0 Å². The number of hydrogen-bond acceptors (Lipinski definition) is 1. The van der Waals surface area contributed by atoms with Gasteiger partial charge in [0.1, 0.15) is 0 Å². The van der Waals surface area contributed by atoms with E-state index < -0.39 is 6.30 Å². The van der Waals surface area contributed by atoms with Gasteiger partial charge in [0, 0.05) is 5.71 Å². The third-order valence-electron chi connectivity index (χ3n) is 1.34. The number of aliphatic imine (C=N–C) groups is 1. The van der Waals surface area contributed by atoms with Crippen molar-refractivity contribution in [3.63, 3.8) is 0 Å². The first kappa shape index (κ1) is 5.73. The van der Waals surface area contributed by atoms with E-state index in [1.165, 1.54) is 0 Å². The van der Waals surface area contributed by atoms with Crippen molar-refractivity contribution in [3.05, 3.63) is 0 Å². The summed E-state index contributed by atoms with van der Waals surface area (Å²) in [7, 11) is 0. The minimum atomic E-state index is -0.899. The number of halogens is 1. The number of alkyl halides is 1. The van der Waals surface area contributed by atoms with Crippen LogP contribution in [0, 0.1) is 0 Å². The predicted molar refractivity (Wildman–Crippen MR) is 31.9 cm³/mol. The fourth-order valence-electron chi connectivity index (χ4n) is 0.895. The van der Waals surface area contributed by atoms with Gasteiger partial charge in [-0.1, -0.05) is 0 Å². The summed E-state index contributed by atoms with van der Waals surface area (Å²) >= 11 is 0. The molecule has 0 aliphatic carbocycles. The molecule has 0 saturated heterocycles. The van der Waals surface area contributed by atoms with Gasteiger partial charge in [-0.05, 0) is 26.2 Å². The van der Waals surface area contributed by atoms with Crippen molar-refractivity contribution in [1.82, 2.24) is 0 Å². The molecule has 1 nitrogen and oxygen atoms in total. The normalized spacial score (nSPS) is 29.8. The van der Waals surface area contributed by atoms with Gasteiger partial charge in [-0.3, -0.25) is 4.99 Å². The Hall–Kier alpha value is -0.400. The SMILES string of the molecule is CC1=NC(F)CCC1. The van der Waals surface area contributed by atoms with Gasteiger partial charge in [0.2, 0.25) is 0 Å². The van der Waals surface area contributed by atoms with E-state index >= 15 is 0 Å². The van der Waals surface area contributed by atoms with Crippen LogP contribution in [0.1, 0.15) is 26.2 Å². The Morgan fingerprint density at radius 3 is 2.88 bits per heavy atom. The fraction of sp³-hybridized carbons (Fsp3) is 0.833. The molecule has 1 aliphatic rings. The van der Waals surface area contributed by atoms with Gasteiger partial charge in [-0.15, -0.1) is 0 Å². The van der Waals surface area contributed by atoms with E-state index in [0.29, 0.717) is 6.42 Å². The minimum Gasteiger partial charge on any atom is -0.258 e. The Morgan fingerprint density at radius 2 is 2.50 bits per heavy atom. The van der Waals surface area contributed by atoms with Crippen LogP contribution < -0.4 is 0 Å². The Kier molecular flexibility index (Phi) is 1.61. The van der Waals surface area contributed by atoms with Crippen LogP contribution in [0.2, 0.25) is 0 Å². The average Bonchev–Trinajstić information content (AvgIpc) is 1.64. The van der Waals surface area contributed by atoms with E-state index in [-0.39, 0.29) is 0 Å². The molecule has 0 N–H and O–H groups in total. The Balaban J connectivity index is 2.50. The predicted octanol–water partition coefficient (Wildman–Crippen LogP) is 1.93. The molecule has 46 valence electrons. The first-order chi connectivity index (χ1) is 3.79. The van der Waals surface area contributed by atoms with Crippen molar-refractivity contribution >= 4 is 5.71 Å². The van der Waals surface area contributed by atoms with Crippen molar-refractivity contribution in [2.75, 3.05) is 0 Å². The Bertz CT molecular complexity index is 109. The molecule has 1 heterocycles. The lowest BCUT2D eigenvalue weighted by molar-refractivity contribution is 0.312. The Labute approximate surface area is 48.6 Å². The highest BCUT2D eigenvalue weighted by Crippen LogP contribution is 2.13. The number of rotatable bonds is 0. The van der Waals surface area contributed by atoms with E-state index in [1.54, 1.807) is 0 Å². The number of nitrogens with zero attached hydrogens (tertiary/aromatic N) is 1. The van der Waals surface area contributed by atoms with Crippen molar-refractivity contribution in [2.45, 2.75) is 32.5 Å². The molecule has 0 aromatic rings. The van der Waals surface area contributed by atoms with Crippen molar-refractivity contribution in [2.24, 2.45) is 4.99 Å². The first-order valence-corrected chi connectivity index (χ1v) is 2.96. The summed E-state index contributed by atoms with van der Waals surface area (Å²) in [6.07, 6.45) is 1.68. The topological polar surface area (TPSA) is 12.4 Å². The molecule has 0 radical (unpaired) electrons. The first-order valence-electron chi connectivity index (χ1n) is 2.96. The molecule has 8 heavy (non-hydrogen) atoms. The highest BCUT2D eigenvalue weighted by molar-refractivity contribution is 5.82.